The molecule has 2 heterocycles. The molecule has 0 unspecified atom stereocenters. The van der Waals surface area contributed by atoms with E-state index >= 15 is 0 Å². The van der Waals surface area contributed by atoms with E-state index in [4.69, 9.17) is 9.47 Å². The maximum atomic E-state index is 12.0. The van der Waals surface area contributed by atoms with E-state index in [0.717, 1.165) is 38.8 Å². The molecule has 0 aromatic carbocycles. The maximum absolute atomic E-state index is 12.0. The zero-order chi connectivity index (χ0) is 18.2. The van der Waals surface area contributed by atoms with Gasteiger partial charge in [-0.1, -0.05) is 13.8 Å². The third-order valence-corrected chi connectivity index (χ3v) is 3.99. The lowest BCUT2D eigenvalue weighted by molar-refractivity contribution is -0.138. The summed E-state index contributed by atoms with van der Waals surface area (Å²) in [6.45, 7) is 12.7. The largest absolute Gasteiger partial charge is 0.444 e. The molecule has 2 fully saturated rings. The molecule has 0 aromatic rings. The molecule has 0 bridgehead atoms. The van der Waals surface area contributed by atoms with Crippen LogP contribution in [0.5, 0.6) is 0 Å². The zero-order valence-corrected chi connectivity index (χ0v) is 16.0. The fourth-order valence-corrected chi connectivity index (χ4v) is 2.78. The van der Waals surface area contributed by atoms with Crippen molar-refractivity contribution >= 4 is 12.0 Å². The van der Waals surface area contributed by atoms with Crippen molar-refractivity contribution in [1.29, 1.82) is 0 Å². The number of carbonyl (C=O) groups excluding carboxylic acids is 2. The summed E-state index contributed by atoms with van der Waals surface area (Å²) < 4.78 is 11.1. The van der Waals surface area contributed by atoms with Crippen molar-refractivity contribution in [2.45, 2.75) is 72.0 Å². The van der Waals surface area contributed by atoms with Gasteiger partial charge in [-0.05, 0) is 46.5 Å². The van der Waals surface area contributed by atoms with Crippen molar-refractivity contribution in [2.24, 2.45) is 0 Å². The summed E-state index contributed by atoms with van der Waals surface area (Å²) in [7, 11) is 0. The molecule has 0 radical (unpaired) electrons. The number of rotatable bonds is 3. The molecule has 0 aliphatic carbocycles. The van der Waals surface area contributed by atoms with E-state index in [2.05, 4.69) is 0 Å². The van der Waals surface area contributed by atoms with Crippen LogP contribution in [0.4, 0.5) is 4.79 Å². The number of piperidine rings is 1. The van der Waals surface area contributed by atoms with Crippen molar-refractivity contribution < 1.29 is 19.1 Å². The summed E-state index contributed by atoms with van der Waals surface area (Å²) >= 11 is 0. The van der Waals surface area contributed by atoms with Crippen LogP contribution >= 0.6 is 0 Å². The van der Waals surface area contributed by atoms with E-state index in [1.807, 2.05) is 39.5 Å². The maximum Gasteiger partial charge on any atom is 0.410 e. The average molecular weight is 342 g/mol. The highest BCUT2D eigenvalue weighted by Crippen LogP contribution is 2.17. The van der Waals surface area contributed by atoms with Gasteiger partial charge in [-0.15, -0.1) is 0 Å². The summed E-state index contributed by atoms with van der Waals surface area (Å²) in [5, 5.41) is 0. The minimum Gasteiger partial charge on any atom is -0.444 e. The van der Waals surface area contributed by atoms with E-state index in [1.165, 1.54) is 0 Å². The molecule has 24 heavy (non-hydrogen) atoms. The molecule has 0 spiro atoms. The number of carbonyl (C=O) groups is 2. The Labute approximate surface area is 146 Å². The van der Waals surface area contributed by atoms with Crippen molar-refractivity contribution in [3.05, 3.63) is 0 Å². The SMILES string of the molecule is CC.CC(C)(C)OC(=O)N1CCC(OCC(=O)N2CCCC2)CC1. The quantitative estimate of drug-likeness (QED) is 0.791. The van der Waals surface area contributed by atoms with E-state index in [-0.39, 0.29) is 24.7 Å². The Morgan fingerprint density at radius 2 is 1.50 bits per heavy atom. The third kappa shape index (κ3) is 7.07. The number of hydrogen-bond donors (Lipinski definition) is 0. The first-order valence-corrected chi connectivity index (χ1v) is 9.22. The van der Waals surface area contributed by atoms with Gasteiger partial charge >= 0.3 is 6.09 Å². The molecule has 0 atom stereocenters. The van der Waals surface area contributed by atoms with Gasteiger partial charge in [0.1, 0.15) is 12.2 Å². The lowest BCUT2D eigenvalue weighted by Crippen LogP contribution is -2.44. The first kappa shape index (κ1) is 20.7. The van der Waals surface area contributed by atoms with E-state index < -0.39 is 5.60 Å². The molecule has 2 rings (SSSR count). The number of amides is 2. The average Bonchev–Trinajstić information content (AvgIpc) is 3.08. The topological polar surface area (TPSA) is 59.1 Å². The van der Waals surface area contributed by atoms with Gasteiger partial charge in [0, 0.05) is 26.2 Å². The fourth-order valence-electron chi connectivity index (χ4n) is 2.78. The second kappa shape index (κ2) is 9.87. The van der Waals surface area contributed by atoms with Gasteiger partial charge in [-0.25, -0.2) is 4.79 Å². The molecule has 2 aliphatic rings. The van der Waals surface area contributed by atoms with Crippen molar-refractivity contribution in [3.63, 3.8) is 0 Å². The molecule has 140 valence electrons. The normalized spacial score (nSPS) is 18.9. The molecule has 2 aliphatic heterocycles. The summed E-state index contributed by atoms with van der Waals surface area (Å²) in [6, 6.07) is 0. The second-order valence-corrected chi connectivity index (χ2v) is 7.07. The van der Waals surface area contributed by atoms with Crippen LogP contribution in [0.1, 0.15) is 60.3 Å². The van der Waals surface area contributed by atoms with E-state index in [1.54, 1.807) is 4.90 Å². The van der Waals surface area contributed by atoms with Crippen LogP contribution in [-0.2, 0) is 14.3 Å². The standard InChI is InChI=1S/C16H28N2O4.C2H6/c1-16(2,3)22-15(20)18-10-6-13(7-11-18)21-12-14(19)17-8-4-5-9-17;1-2/h13H,4-12H2,1-3H3;1-2H3. The first-order valence-electron chi connectivity index (χ1n) is 9.22. The van der Waals surface area contributed by atoms with Crippen molar-refractivity contribution in [1.82, 2.24) is 9.80 Å². The number of likely N-dealkylation sites (tertiary alicyclic amines) is 2. The molecular weight excluding hydrogens is 308 g/mol. The summed E-state index contributed by atoms with van der Waals surface area (Å²) in [6.07, 6.45) is 3.50. The lowest BCUT2D eigenvalue weighted by Gasteiger charge is -2.33. The van der Waals surface area contributed by atoms with Crippen LogP contribution in [0.2, 0.25) is 0 Å². The number of nitrogens with zero attached hydrogens (tertiary/aromatic N) is 2. The Hall–Kier alpha value is -1.30. The molecular formula is C18H34N2O4. The van der Waals surface area contributed by atoms with Gasteiger partial charge in [-0.2, -0.15) is 0 Å². The molecule has 6 heteroatoms. The Balaban J connectivity index is 0.00000139. The lowest BCUT2D eigenvalue weighted by atomic mass is 10.1. The summed E-state index contributed by atoms with van der Waals surface area (Å²) in [5.41, 5.74) is -0.466. The third-order valence-electron chi connectivity index (χ3n) is 3.99. The first-order chi connectivity index (χ1) is 11.3. The van der Waals surface area contributed by atoms with E-state index in [0.29, 0.717) is 13.1 Å². The molecule has 0 saturated carbocycles. The molecule has 2 saturated heterocycles. The highest BCUT2D eigenvalue weighted by molar-refractivity contribution is 5.77. The second-order valence-electron chi connectivity index (χ2n) is 7.07. The fraction of sp³-hybridized carbons (Fsp3) is 0.889. The Kier molecular flexibility index (Phi) is 8.53. The summed E-state index contributed by atoms with van der Waals surface area (Å²) in [4.78, 5) is 27.5. The smallest absolute Gasteiger partial charge is 0.410 e. The molecule has 2 amide bonds. The molecule has 0 aromatic heterocycles. The van der Waals surface area contributed by atoms with Gasteiger partial charge in [0.15, 0.2) is 0 Å². The van der Waals surface area contributed by atoms with Gasteiger partial charge in [-0.3, -0.25) is 4.79 Å². The van der Waals surface area contributed by atoms with Crippen LogP contribution in [0, 0.1) is 0 Å². The van der Waals surface area contributed by atoms with Crippen LogP contribution in [-0.4, -0.2) is 66.3 Å². The highest BCUT2D eigenvalue weighted by Gasteiger charge is 2.28. The van der Waals surface area contributed by atoms with Crippen molar-refractivity contribution in [3.8, 4) is 0 Å². The minimum absolute atomic E-state index is 0.0604. The predicted octanol–water partition coefficient (Wildman–Crippen LogP) is 3.05. The van der Waals surface area contributed by atoms with Gasteiger partial charge in [0.2, 0.25) is 5.91 Å². The van der Waals surface area contributed by atoms with Gasteiger partial charge < -0.3 is 19.3 Å². The Bertz CT molecular complexity index is 392. The number of ether oxygens (including phenoxy) is 2. The van der Waals surface area contributed by atoms with Crippen LogP contribution in [0.3, 0.4) is 0 Å². The predicted molar refractivity (Wildman–Crippen MR) is 93.9 cm³/mol. The summed E-state index contributed by atoms with van der Waals surface area (Å²) in [5.74, 6) is 0.0899. The van der Waals surface area contributed by atoms with Crippen molar-refractivity contribution in [2.75, 3.05) is 32.8 Å². The zero-order valence-electron chi connectivity index (χ0n) is 16.0. The van der Waals surface area contributed by atoms with Gasteiger partial charge in [0.25, 0.3) is 0 Å². The highest BCUT2D eigenvalue weighted by atomic mass is 16.6. The number of hydrogen-bond acceptors (Lipinski definition) is 4. The monoisotopic (exact) mass is 342 g/mol. The van der Waals surface area contributed by atoms with Crippen LogP contribution in [0.15, 0.2) is 0 Å². The molecule has 0 N–H and O–H groups in total. The van der Waals surface area contributed by atoms with Gasteiger partial charge in [0.05, 0.1) is 6.10 Å². The minimum atomic E-state index is -0.466. The molecule has 6 nitrogen and oxygen atoms in total. The van der Waals surface area contributed by atoms with Crippen LogP contribution < -0.4 is 0 Å². The van der Waals surface area contributed by atoms with Crippen LogP contribution in [0.25, 0.3) is 0 Å². The Morgan fingerprint density at radius 3 is 2.00 bits per heavy atom. The van der Waals surface area contributed by atoms with E-state index in [9.17, 15) is 9.59 Å². The Morgan fingerprint density at radius 1 is 0.958 bits per heavy atom.